The van der Waals surface area contributed by atoms with Gasteiger partial charge in [0.1, 0.15) is 5.75 Å². The Kier molecular flexibility index (Phi) is 6.85. The molecule has 0 aliphatic carbocycles. The summed E-state index contributed by atoms with van der Waals surface area (Å²) in [4.78, 5) is 7.60. The zero-order valence-electron chi connectivity index (χ0n) is 18.2. The number of likely N-dealkylation sites (tertiary alicyclic amines) is 1. The highest BCUT2D eigenvalue weighted by molar-refractivity contribution is 5.93. The van der Waals surface area contributed by atoms with E-state index in [1.54, 1.807) is 7.11 Å². The van der Waals surface area contributed by atoms with Crippen LogP contribution < -0.4 is 10.1 Å². The second-order valence-corrected chi connectivity index (χ2v) is 8.20. The summed E-state index contributed by atoms with van der Waals surface area (Å²) in [5.74, 6) is 0.863. The fraction of sp³-hybridized carbons (Fsp3) is 0.423. The number of hydrogen-bond acceptors (Lipinski definition) is 4. The maximum absolute atomic E-state index is 5.30. The first-order valence-corrected chi connectivity index (χ1v) is 11.3. The van der Waals surface area contributed by atoms with Gasteiger partial charge in [-0.1, -0.05) is 31.5 Å². The minimum atomic E-state index is 0.709. The van der Waals surface area contributed by atoms with Gasteiger partial charge in [-0.3, -0.25) is 0 Å². The molecule has 1 N–H and O–H groups in total. The van der Waals surface area contributed by atoms with Crippen LogP contribution >= 0.6 is 0 Å². The molecule has 1 unspecified atom stereocenters. The molecule has 0 bridgehead atoms. The first kappa shape index (κ1) is 20.7. The van der Waals surface area contributed by atoms with Gasteiger partial charge in [0, 0.05) is 29.2 Å². The second-order valence-electron chi connectivity index (χ2n) is 8.20. The Hall–Kier alpha value is -2.59. The Morgan fingerprint density at radius 1 is 1.10 bits per heavy atom. The van der Waals surface area contributed by atoms with Gasteiger partial charge in [0.05, 0.1) is 18.3 Å². The lowest BCUT2D eigenvalue weighted by Crippen LogP contribution is -2.40. The maximum Gasteiger partial charge on any atom is 0.118 e. The number of nitrogens with one attached hydrogen (secondary N) is 1. The standard InChI is InChI=1S/C26H33N3O/c1-3-17-29-18-7-6-8-21(29)15-16-27-26-19-25(20-11-13-22(30-2)14-12-20)28-24-10-5-4-9-23(24)26/h4-5,9-14,19,21H,3,6-8,15-18H2,1-2H3,(H,27,28). The van der Waals surface area contributed by atoms with E-state index in [0.29, 0.717) is 6.04 Å². The molecule has 4 heteroatoms. The van der Waals surface area contributed by atoms with Crippen molar-refractivity contribution in [1.29, 1.82) is 0 Å². The van der Waals surface area contributed by atoms with E-state index in [-0.39, 0.29) is 0 Å². The van der Waals surface area contributed by atoms with Crippen molar-refractivity contribution in [3.63, 3.8) is 0 Å². The lowest BCUT2D eigenvalue weighted by atomic mass is 9.99. The Labute approximate surface area is 180 Å². The number of methoxy groups -OCH3 is 1. The molecule has 4 nitrogen and oxygen atoms in total. The highest BCUT2D eigenvalue weighted by Crippen LogP contribution is 2.29. The molecule has 0 saturated carbocycles. The molecule has 1 saturated heterocycles. The van der Waals surface area contributed by atoms with Crippen molar-refractivity contribution in [3.05, 3.63) is 54.6 Å². The number of para-hydroxylation sites is 1. The molecule has 0 radical (unpaired) electrons. The van der Waals surface area contributed by atoms with Crippen molar-refractivity contribution in [2.75, 3.05) is 32.1 Å². The van der Waals surface area contributed by atoms with Gasteiger partial charge >= 0.3 is 0 Å². The van der Waals surface area contributed by atoms with E-state index >= 15 is 0 Å². The zero-order chi connectivity index (χ0) is 20.8. The Morgan fingerprint density at radius 2 is 1.93 bits per heavy atom. The van der Waals surface area contributed by atoms with Crippen LogP contribution in [0.3, 0.4) is 0 Å². The van der Waals surface area contributed by atoms with Crippen LogP contribution in [0, 0.1) is 0 Å². The molecular weight excluding hydrogens is 370 g/mol. The van der Waals surface area contributed by atoms with Gasteiger partial charge in [-0.25, -0.2) is 4.98 Å². The van der Waals surface area contributed by atoms with Crippen molar-refractivity contribution < 1.29 is 4.74 Å². The normalized spacial score (nSPS) is 17.2. The zero-order valence-corrected chi connectivity index (χ0v) is 18.2. The summed E-state index contributed by atoms with van der Waals surface area (Å²) in [7, 11) is 1.69. The van der Waals surface area contributed by atoms with E-state index in [1.165, 1.54) is 56.3 Å². The number of pyridine rings is 1. The van der Waals surface area contributed by atoms with Gasteiger partial charge in [-0.15, -0.1) is 0 Å². The van der Waals surface area contributed by atoms with Crippen molar-refractivity contribution in [1.82, 2.24) is 9.88 Å². The number of nitrogens with zero attached hydrogens (tertiary/aromatic N) is 2. The molecule has 0 spiro atoms. The molecule has 2 heterocycles. The fourth-order valence-electron chi connectivity index (χ4n) is 4.57. The van der Waals surface area contributed by atoms with Gasteiger partial charge in [0.15, 0.2) is 0 Å². The van der Waals surface area contributed by atoms with E-state index in [2.05, 4.69) is 59.6 Å². The summed E-state index contributed by atoms with van der Waals surface area (Å²) in [5, 5.41) is 4.92. The Bertz CT molecular complexity index is 952. The van der Waals surface area contributed by atoms with Crippen molar-refractivity contribution in [2.45, 2.75) is 45.1 Å². The average Bonchev–Trinajstić information content (AvgIpc) is 2.80. The topological polar surface area (TPSA) is 37.4 Å². The number of ether oxygens (including phenoxy) is 1. The predicted molar refractivity (Wildman–Crippen MR) is 126 cm³/mol. The number of aromatic nitrogens is 1. The number of benzene rings is 2. The molecule has 1 aliphatic rings. The molecule has 0 amide bonds. The van der Waals surface area contributed by atoms with Crippen LogP contribution in [-0.2, 0) is 0 Å². The smallest absolute Gasteiger partial charge is 0.118 e. The summed E-state index contributed by atoms with van der Waals surface area (Å²) in [6.07, 6.45) is 6.48. The van der Waals surface area contributed by atoms with E-state index in [0.717, 1.165) is 29.1 Å². The quantitative estimate of drug-likeness (QED) is 0.502. The van der Waals surface area contributed by atoms with Crippen molar-refractivity contribution in [2.24, 2.45) is 0 Å². The molecule has 1 fully saturated rings. The van der Waals surface area contributed by atoms with Crippen LogP contribution in [0.2, 0.25) is 0 Å². The molecule has 2 aromatic carbocycles. The largest absolute Gasteiger partial charge is 0.497 e. The van der Waals surface area contributed by atoms with Crippen LogP contribution in [0.25, 0.3) is 22.2 Å². The highest BCUT2D eigenvalue weighted by atomic mass is 16.5. The van der Waals surface area contributed by atoms with Gasteiger partial charge in [0.2, 0.25) is 0 Å². The molecule has 4 rings (SSSR count). The first-order valence-electron chi connectivity index (χ1n) is 11.3. The van der Waals surface area contributed by atoms with Gasteiger partial charge in [-0.2, -0.15) is 0 Å². The predicted octanol–water partition coefficient (Wildman–Crippen LogP) is 5.98. The minimum Gasteiger partial charge on any atom is -0.497 e. The number of piperidine rings is 1. The van der Waals surface area contributed by atoms with Gasteiger partial charge in [-0.05, 0) is 75.2 Å². The summed E-state index contributed by atoms with van der Waals surface area (Å²) >= 11 is 0. The molecule has 1 atom stereocenters. The summed E-state index contributed by atoms with van der Waals surface area (Å²) in [5.41, 5.74) is 4.29. The number of rotatable bonds is 8. The Morgan fingerprint density at radius 3 is 2.73 bits per heavy atom. The third kappa shape index (κ3) is 4.76. The average molecular weight is 404 g/mol. The van der Waals surface area contributed by atoms with E-state index in [9.17, 15) is 0 Å². The molecule has 3 aromatic rings. The van der Waals surface area contributed by atoms with Crippen LogP contribution in [0.5, 0.6) is 5.75 Å². The maximum atomic E-state index is 5.30. The lowest BCUT2D eigenvalue weighted by Gasteiger charge is -2.35. The second kappa shape index (κ2) is 9.94. The van der Waals surface area contributed by atoms with E-state index < -0.39 is 0 Å². The van der Waals surface area contributed by atoms with Crippen molar-refractivity contribution >= 4 is 16.6 Å². The molecule has 1 aliphatic heterocycles. The highest BCUT2D eigenvalue weighted by Gasteiger charge is 2.21. The van der Waals surface area contributed by atoms with Crippen molar-refractivity contribution in [3.8, 4) is 17.0 Å². The van der Waals surface area contributed by atoms with Crippen LogP contribution in [0.4, 0.5) is 5.69 Å². The minimum absolute atomic E-state index is 0.709. The van der Waals surface area contributed by atoms with E-state index in [1.807, 2.05) is 12.1 Å². The summed E-state index contributed by atoms with van der Waals surface area (Å²) in [6, 6.07) is 19.4. The van der Waals surface area contributed by atoms with Crippen LogP contribution in [0.15, 0.2) is 54.6 Å². The number of anilines is 1. The summed E-state index contributed by atoms with van der Waals surface area (Å²) < 4.78 is 5.30. The van der Waals surface area contributed by atoms with Crippen LogP contribution in [0.1, 0.15) is 39.0 Å². The van der Waals surface area contributed by atoms with Gasteiger partial charge in [0.25, 0.3) is 0 Å². The molecule has 158 valence electrons. The number of fused-ring (bicyclic) bond motifs is 1. The third-order valence-electron chi connectivity index (χ3n) is 6.15. The lowest BCUT2D eigenvalue weighted by molar-refractivity contribution is 0.143. The molecule has 30 heavy (non-hydrogen) atoms. The Balaban J connectivity index is 1.53. The SMILES string of the molecule is CCCN1CCCCC1CCNc1cc(-c2ccc(OC)cc2)nc2ccccc12. The molecular formula is C26H33N3O. The number of hydrogen-bond donors (Lipinski definition) is 1. The first-order chi connectivity index (χ1) is 14.8. The summed E-state index contributed by atoms with van der Waals surface area (Å²) in [6.45, 7) is 5.76. The molecule has 1 aromatic heterocycles. The monoisotopic (exact) mass is 403 g/mol. The van der Waals surface area contributed by atoms with Gasteiger partial charge < -0.3 is 15.0 Å². The fourth-order valence-corrected chi connectivity index (χ4v) is 4.57. The van der Waals surface area contributed by atoms with Crippen LogP contribution in [-0.4, -0.2) is 42.7 Å². The third-order valence-corrected chi connectivity index (χ3v) is 6.15. The van der Waals surface area contributed by atoms with E-state index in [4.69, 9.17) is 9.72 Å².